The Bertz CT molecular complexity index is 479. The average molecular weight is 285 g/mol. The van der Waals surface area contributed by atoms with E-state index in [1.54, 1.807) is 6.92 Å². The van der Waals surface area contributed by atoms with Crippen molar-refractivity contribution in [1.82, 2.24) is 5.32 Å². The Morgan fingerprint density at radius 3 is 2.74 bits per heavy atom. The number of aryl methyl sites for hydroxylation is 1. The molecule has 6 heteroatoms. The van der Waals surface area contributed by atoms with Crippen molar-refractivity contribution in [1.29, 1.82) is 0 Å². The lowest BCUT2D eigenvalue weighted by atomic mass is 10.1. The minimum Gasteiger partial charge on any atom is -0.480 e. The molecule has 2 N–H and O–H groups in total. The summed E-state index contributed by atoms with van der Waals surface area (Å²) in [6, 6.07) is 2.90. The number of carbonyl (C=O) groups is 2. The Kier molecular flexibility index (Phi) is 5.82. The van der Waals surface area contributed by atoms with Crippen molar-refractivity contribution in [2.24, 2.45) is 0 Å². The van der Waals surface area contributed by atoms with E-state index in [-0.39, 0.29) is 5.56 Å². The number of thioether (sulfide) groups is 1. The van der Waals surface area contributed by atoms with Crippen LogP contribution < -0.4 is 5.32 Å². The highest BCUT2D eigenvalue weighted by molar-refractivity contribution is 7.98. The summed E-state index contributed by atoms with van der Waals surface area (Å²) < 4.78 is 13.1. The van der Waals surface area contributed by atoms with Crippen molar-refractivity contribution in [2.45, 2.75) is 19.4 Å². The molecule has 1 aromatic rings. The van der Waals surface area contributed by atoms with Gasteiger partial charge in [0.2, 0.25) is 0 Å². The molecule has 0 aliphatic heterocycles. The molecule has 0 fully saturated rings. The fourth-order valence-electron chi connectivity index (χ4n) is 1.57. The molecule has 0 spiro atoms. The highest BCUT2D eigenvalue weighted by Gasteiger charge is 2.21. The number of hydrogen-bond acceptors (Lipinski definition) is 3. The van der Waals surface area contributed by atoms with Crippen molar-refractivity contribution in [2.75, 3.05) is 12.0 Å². The second-order valence-corrected chi connectivity index (χ2v) is 5.09. The number of carboxylic acid groups (broad SMARTS) is 1. The smallest absolute Gasteiger partial charge is 0.326 e. The quantitative estimate of drug-likeness (QED) is 0.839. The van der Waals surface area contributed by atoms with Crippen LogP contribution in [0.15, 0.2) is 18.2 Å². The van der Waals surface area contributed by atoms with Gasteiger partial charge in [-0.1, -0.05) is 6.07 Å². The molecule has 4 nitrogen and oxygen atoms in total. The zero-order valence-corrected chi connectivity index (χ0v) is 11.6. The highest BCUT2D eigenvalue weighted by atomic mass is 32.2. The standard InChI is InChI=1S/C13H16FNO3S/c1-8-3-4-9(14)7-10(8)12(16)15-11(13(17)18)5-6-19-2/h3-4,7,11H,5-6H2,1-2H3,(H,15,16)(H,17,18)/t11-/m0/s1. The van der Waals surface area contributed by atoms with Gasteiger partial charge in [0, 0.05) is 5.56 Å². The van der Waals surface area contributed by atoms with Gasteiger partial charge in [-0.25, -0.2) is 9.18 Å². The minimum absolute atomic E-state index is 0.162. The average Bonchev–Trinajstić information content (AvgIpc) is 2.36. The number of amides is 1. The second kappa shape index (κ2) is 7.13. The number of nitrogens with one attached hydrogen (secondary N) is 1. The molecule has 0 heterocycles. The first-order valence-corrected chi connectivity index (χ1v) is 7.14. The van der Waals surface area contributed by atoms with Gasteiger partial charge in [-0.2, -0.15) is 11.8 Å². The fraction of sp³-hybridized carbons (Fsp3) is 0.385. The van der Waals surface area contributed by atoms with Gasteiger partial charge in [-0.3, -0.25) is 4.79 Å². The lowest BCUT2D eigenvalue weighted by Crippen LogP contribution is -2.41. The van der Waals surface area contributed by atoms with E-state index in [0.29, 0.717) is 17.7 Å². The number of carboxylic acids is 1. The maximum atomic E-state index is 13.1. The number of carbonyl (C=O) groups excluding carboxylic acids is 1. The SMILES string of the molecule is CSCC[C@H](NC(=O)c1cc(F)ccc1C)C(=O)O. The lowest BCUT2D eigenvalue weighted by molar-refractivity contribution is -0.139. The summed E-state index contributed by atoms with van der Waals surface area (Å²) >= 11 is 1.50. The topological polar surface area (TPSA) is 66.4 Å². The Balaban J connectivity index is 2.81. The summed E-state index contributed by atoms with van der Waals surface area (Å²) in [5.41, 5.74) is 0.767. The Morgan fingerprint density at radius 1 is 1.47 bits per heavy atom. The maximum Gasteiger partial charge on any atom is 0.326 e. The molecule has 19 heavy (non-hydrogen) atoms. The van der Waals surface area contributed by atoms with Crippen LogP contribution in [-0.2, 0) is 4.79 Å². The molecule has 0 aromatic heterocycles. The molecule has 0 bridgehead atoms. The first-order chi connectivity index (χ1) is 8.95. The van der Waals surface area contributed by atoms with Gasteiger partial charge in [-0.05, 0) is 43.0 Å². The Hall–Kier alpha value is -1.56. The van der Waals surface area contributed by atoms with E-state index >= 15 is 0 Å². The van der Waals surface area contributed by atoms with Crippen LogP contribution in [0.25, 0.3) is 0 Å². The van der Waals surface area contributed by atoms with Crippen LogP contribution >= 0.6 is 11.8 Å². The summed E-state index contributed by atoms with van der Waals surface area (Å²) in [6.07, 6.45) is 2.19. The number of halogens is 1. The molecule has 0 saturated heterocycles. The van der Waals surface area contributed by atoms with Gasteiger partial charge < -0.3 is 10.4 Å². The predicted molar refractivity (Wildman–Crippen MR) is 73.0 cm³/mol. The van der Waals surface area contributed by atoms with Crippen molar-refractivity contribution >= 4 is 23.6 Å². The zero-order valence-electron chi connectivity index (χ0n) is 10.8. The van der Waals surface area contributed by atoms with Gasteiger partial charge >= 0.3 is 5.97 Å². The van der Waals surface area contributed by atoms with Crippen molar-refractivity contribution < 1.29 is 19.1 Å². The first-order valence-electron chi connectivity index (χ1n) is 5.74. The van der Waals surface area contributed by atoms with E-state index in [4.69, 9.17) is 5.11 Å². The predicted octanol–water partition coefficient (Wildman–Crippen LogP) is 2.07. The monoisotopic (exact) mass is 285 g/mol. The molecule has 1 atom stereocenters. The first kappa shape index (κ1) is 15.5. The molecule has 0 aliphatic rings. The van der Waals surface area contributed by atoms with E-state index in [1.165, 1.54) is 23.9 Å². The van der Waals surface area contributed by atoms with E-state index < -0.39 is 23.7 Å². The molecule has 1 aromatic carbocycles. The molecular weight excluding hydrogens is 269 g/mol. The number of hydrogen-bond donors (Lipinski definition) is 2. The molecule has 0 unspecified atom stereocenters. The van der Waals surface area contributed by atoms with E-state index in [9.17, 15) is 14.0 Å². The van der Waals surface area contributed by atoms with Crippen LogP contribution in [0.5, 0.6) is 0 Å². The maximum absolute atomic E-state index is 13.1. The van der Waals surface area contributed by atoms with Crippen LogP contribution in [0, 0.1) is 12.7 Å². The normalized spacial score (nSPS) is 11.9. The molecule has 1 rings (SSSR count). The summed E-state index contributed by atoms with van der Waals surface area (Å²) in [6.45, 7) is 1.67. The van der Waals surface area contributed by atoms with E-state index in [1.807, 2.05) is 6.26 Å². The lowest BCUT2D eigenvalue weighted by Gasteiger charge is -2.15. The zero-order chi connectivity index (χ0) is 14.4. The van der Waals surface area contributed by atoms with Crippen LogP contribution in [-0.4, -0.2) is 35.0 Å². The third-order valence-corrected chi connectivity index (χ3v) is 3.30. The third-order valence-electron chi connectivity index (χ3n) is 2.66. The Labute approximate surface area is 115 Å². The molecule has 104 valence electrons. The van der Waals surface area contributed by atoms with Gasteiger partial charge in [0.1, 0.15) is 11.9 Å². The van der Waals surface area contributed by atoms with E-state index in [2.05, 4.69) is 5.32 Å². The van der Waals surface area contributed by atoms with Gasteiger partial charge in [0.25, 0.3) is 5.91 Å². The van der Waals surface area contributed by atoms with Gasteiger partial charge in [0.15, 0.2) is 0 Å². The summed E-state index contributed by atoms with van der Waals surface area (Å²) in [4.78, 5) is 23.0. The molecule has 1 amide bonds. The minimum atomic E-state index is -1.09. The van der Waals surface area contributed by atoms with Crippen molar-refractivity contribution in [3.63, 3.8) is 0 Å². The molecular formula is C13H16FNO3S. The van der Waals surface area contributed by atoms with Crippen LogP contribution in [0.3, 0.4) is 0 Å². The van der Waals surface area contributed by atoms with Crippen LogP contribution in [0.4, 0.5) is 4.39 Å². The molecule has 0 aliphatic carbocycles. The van der Waals surface area contributed by atoms with Crippen LogP contribution in [0.1, 0.15) is 22.3 Å². The largest absolute Gasteiger partial charge is 0.480 e. The Morgan fingerprint density at radius 2 is 2.16 bits per heavy atom. The molecule has 0 saturated carbocycles. The molecule has 0 radical (unpaired) electrons. The number of aliphatic carboxylic acids is 1. The van der Waals surface area contributed by atoms with E-state index in [0.717, 1.165) is 6.07 Å². The third kappa shape index (κ3) is 4.55. The van der Waals surface area contributed by atoms with Gasteiger partial charge in [0.05, 0.1) is 0 Å². The van der Waals surface area contributed by atoms with Crippen LogP contribution in [0.2, 0.25) is 0 Å². The van der Waals surface area contributed by atoms with Crippen molar-refractivity contribution in [3.8, 4) is 0 Å². The summed E-state index contributed by atoms with van der Waals surface area (Å²) in [7, 11) is 0. The highest BCUT2D eigenvalue weighted by Crippen LogP contribution is 2.11. The summed E-state index contributed by atoms with van der Waals surface area (Å²) in [5.74, 6) is -1.55. The summed E-state index contributed by atoms with van der Waals surface area (Å²) in [5, 5.41) is 11.4. The number of benzene rings is 1. The fourth-order valence-corrected chi connectivity index (χ4v) is 2.04. The van der Waals surface area contributed by atoms with Gasteiger partial charge in [-0.15, -0.1) is 0 Å². The van der Waals surface area contributed by atoms with Crippen molar-refractivity contribution in [3.05, 3.63) is 35.1 Å². The number of rotatable bonds is 6. The second-order valence-electron chi connectivity index (χ2n) is 4.11.